The number of halogens is 2. The van der Waals surface area contributed by atoms with E-state index in [-0.39, 0.29) is 36.4 Å². The average Bonchev–Trinajstić information content (AvgIpc) is 2.60. The Morgan fingerprint density at radius 3 is 2.77 bits per heavy atom. The number of carbonyl (C=O) groups is 1. The Bertz CT molecular complexity index is 712. The fourth-order valence-corrected chi connectivity index (χ4v) is 2.36. The predicted molar refractivity (Wildman–Crippen MR) is 117 cm³/mol. The first-order chi connectivity index (χ1) is 12.2. The molecule has 6 nitrogen and oxygen atoms in total. The molecule has 1 amide bonds. The van der Waals surface area contributed by atoms with Crippen molar-refractivity contribution in [2.45, 2.75) is 13.3 Å². The van der Waals surface area contributed by atoms with Crippen molar-refractivity contribution in [3.63, 3.8) is 0 Å². The number of nitrogens with one attached hydrogen (secondary N) is 3. The lowest BCUT2D eigenvalue weighted by Gasteiger charge is -2.11. The van der Waals surface area contributed by atoms with Crippen LogP contribution in [0.2, 0.25) is 5.02 Å². The van der Waals surface area contributed by atoms with Crippen LogP contribution in [0.4, 0.5) is 5.69 Å². The topological polar surface area (TPSA) is 78.4 Å². The molecule has 140 valence electrons. The van der Waals surface area contributed by atoms with Gasteiger partial charge in [0.2, 0.25) is 5.91 Å². The lowest BCUT2D eigenvalue weighted by Crippen LogP contribution is -2.39. The number of guanidine groups is 1. The standard InChI is InChI=1S/C18H22ClN5O.HI/c1-2-21-18(22-10-8-14-5-3-6-15(19)11-14)23-13-17(25)24-16-7-4-9-20-12-16;/h3-7,9,11-12H,2,8,10,13H2,1H3,(H,24,25)(H2,21,22,23);1H. The summed E-state index contributed by atoms with van der Waals surface area (Å²) in [7, 11) is 0. The number of anilines is 1. The zero-order valence-corrected chi connectivity index (χ0v) is 17.6. The number of carbonyl (C=O) groups excluding carboxylic acids is 1. The van der Waals surface area contributed by atoms with Gasteiger partial charge in [0.05, 0.1) is 11.9 Å². The maximum absolute atomic E-state index is 11.9. The van der Waals surface area contributed by atoms with Gasteiger partial charge in [-0.1, -0.05) is 23.7 Å². The van der Waals surface area contributed by atoms with Gasteiger partial charge in [0, 0.05) is 24.3 Å². The second-order valence-electron chi connectivity index (χ2n) is 5.29. The monoisotopic (exact) mass is 487 g/mol. The normalized spacial score (nSPS) is 10.6. The van der Waals surface area contributed by atoms with Gasteiger partial charge < -0.3 is 16.0 Å². The Kier molecular flexibility index (Phi) is 10.6. The summed E-state index contributed by atoms with van der Waals surface area (Å²) in [4.78, 5) is 20.2. The quantitative estimate of drug-likeness (QED) is 0.319. The van der Waals surface area contributed by atoms with E-state index in [1.807, 2.05) is 31.2 Å². The number of nitrogens with zero attached hydrogens (tertiary/aromatic N) is 2. The molecule has 3 N–H and O–H groups in total. The first-order valence-corrected chi connectivity index (χ1v) is 8.51. The molecule has 1 heterocycles. The van der Waals surface area contributed by atoms with E-state index >= 15 is 0 Å². The summed E-state index contributed by atoms with van der Waals surface area (Å²) in [6.07, 6.45) is 4.06. The molecule has 0 saturated heterocycles. The summed E-state index contributed by atoms with van der Waals surface area (Å²) in [5.74, 6) is 0.408. The van der Waals surface area contributed by atoms with Crippen LogP contribution < -0.4 is 16.0 Å². The van der Waals surface area contributed by atoms with Crippen molar-refractivity contribution in [3.05, 3.63) is 59.4 Å². The summed E-state index contributed by atoms with van der Waals surface area (Å²) < 4.78 is 0. The number of hydrogen-bond donors (Lipinski definition) is 3. The molecule has 0 spiro atoms. The lowest BCUT2D eigenvalue weighted by atomic mass is 10.1. The predicted octanol–water partition coefficient (Wildman–Crippen LogP) is 3.09. The minimum Gasteiger partial charge on any atom is -0.357 e. The van der Waals surface area contributed by atoms with Gasteiger partial charge in [0.1, 0.15) is 6.54 Å². The highest BCUT2D eigenvalue weighted by Gasteiger charge is 2.03. The number of pyridine rings is 1. The van der Waals surface area contributed by atoms with E-state index in [0.29, 0.717) is 24.7 Å². The fraction of sp³-hybridized carbons (Fsp3) is 0.278. The smallest absolute Gasteiger partial charge is 0.246 e. The summed E-state index contributed by atoms with van der Waals surface area (Å²) in [6.45, 7) is 3.41. The minimum atomic E-state index is -0.194. The van der Waals surface area contributed by atoms with Gasteiger partial charge in [-0.3, -0.25) is 9.78 Å². The van der Waals surface area contributed by atoms with Gasteiger partial charge in [-0.05, 0) is 43.2 Å². The summed E-state index contributed by atoms with van der Waals surface area (Å²) >= 11 is 5.98. The van der Waals surface area contributed by atoms with Crippen LogP contribution in [0.5, 0.6) is 0 Å². The molecule has 0 unspecified atom stereocenters. The molecule has 0 radical (unpaired) electrons. The second kappa shape index (κ2) is 12.5. The molecule has 0 saturated carbocycles. The van der Waals surface area contributed by atoms with Crippen molar-refractivity contribution in [2.75, 3.05) is 25.0 Å². The van der Waals surface area contributed by atoms with E-state index < -0.39 is 0 Å². The summed E-state index contributed by atoms with van der Waals surface area (Å²) in [5, 5.41) is 9.81. The van der Waals surface area contributed by atoms with Crippen molar-refractivity contribution in [3.8, 4) is 0 Å². The molecule has 0 aliphatic carbocycles. The van der Waals surface area contributed by atoms with E-state index in [1.54, 1.807) is 24.5 Å². The van der Waals surface area contributed by atoms with Crippen molar-refractivity contribution in [1.82, 2.24) is 15.6 Å². The van der Waals surface area contributed by atoms with Crippen molar-refractivity contribution >= 4 is 53.1 Å². The third-order valence-corrected chi connectivity index (χ3v) is 3.50. The van der Waals surface area contributed by atoms with Crippen LogP contribution in [0.1, 0.15) is 12.5 Å². The van der Waals surface area contributed by atoms with Crippen LogP contribution >= 0.6 is 35.6 Å². The fourth-order valence-electron chi connectivity index (χ4n) is 2.15. The van der Waals surface area contributed by atoms with Gasteiger partial charge >= 0.3 is 0 Å². The number of hydrogen-bond acceptors (Lipinski definition) is 3. The minimum absolute atomic E-state index is 0. The maximum Gasteiger partial charge on any atom is 0.246 e. The van der Waals surface area contributed by atoms with Gasteiger partial charge in [-0.15, -0.1) is 24.0 Å². The number of benzene rings is 1. The lowest BCUT2D eigenvalue weighted by molar-refractivity contribution is -0.114. The first-order valence-electron chi connectivity index (χ1n) is 8.14. The van der Waals surface area contributed by atoms with E-state index in [9.17, 15) is 4.79 Å². The van der Waals surface area contributed by atoms with Crippen LogP contribution in [-0.4, -0.2) is 36.5 Å². The zero-order valence-electron chi connectivity index (χ0n) is 14.5. The van der Waals surface area contributed by atoms with E-state index in [4.69, 9.17) is 11.6 Å². The van der Waals surface area contributed by atoms with Crippen LogP contribution in [0.25, 0.3) is 0 Å². The molecule has 0 atom stereocenters. The van der Waals surface area contributed by atoms with Gasteiger partial charge in [-0.2, -0.15) is 0 Å². The highest BCUT2D eigenvalue weighted by molar-refractivity contribution is 14.0. The van der Waals surface area contributed by atoms with E-state index in [1.165, 1.54) is 0 Å². The van der Waals surface area contributed by atoms with E-state index in [0.717, 1.165) is 17.0 Å². The van der Waals surface area contributed by atoms with Crippen molar-refractivity contribution in [1.29, 1.82) is 0 Å². The number of aliphatic imine (C=N–C) groups is 1. The molecule has 0 bridgehead atoms. The van der Waals surface area contributed by atoms with Crippen molar-refractivity contribution in [2.24, 2.45) is 4.99 Å². The van der Waals surface area contributed by atoms with Crippen molar-refractivity contribution < 1.29 is 4.79 Å². The molecule has 1 aromatic heterocycles. The highest BCUT2D eigenvalue weighted by Crippen LogP contribution is 2.10. The average molecular weight is 488 g/mol. The molecular formula is C18H23ClIN5O. The van der Waals surface area contributed by atoms with Gasteiger partial charge in [0.15, 0.2) is 5.96 Å². The zero-order chi connectivity index (χ0) is 17.9. The Balaban J connectivity index is 0.00000338. The molecule has 0 fully saturated rings. The molecule has 8 heteroatoms. The SMILES string of the molecule is CCNC(=NCC(=O)Nc1cccnc1)NCCc1cccc(Cl)c1.I. The molecule has 2 aromatic rings. The molecule has 26 heavy (non-hydrogen) atoms. The number of amides is 1. The maximum atomic E-state index is 11.9. The van der Waals surface area contributed by atoms with Gasteiger partial charge in [-0.25, -0.2) is 4.99 Å². The Morgan fingerprint density at radius 2 is 2.08 bits per heavy atom. The van der Waals surface area contributed by atoms with Crippen LogP contribution in [0.15, 0.2) is 53.8 Å². The molecule has 0 aliphatic heterocycles. The summed E-state index contributed by atoms with van der Waals surface area (Å²) in [6, 6.07) is 11.3. The number of rotatable bonds is 7. The first kappa shape index (κ1) is 22.2. The van der Waals surface area contributed by atoms with Crippen LogP contribution in [0.3, 0.4) is 0 Å². The Morgan fingerprint density at radius 1 is 1.23 bits per heavy atom. The molecule has 2 rings (SSSR count). The second-order valence-corrected chi connectivity index (χ2v) is 5.73. The Hall–Kier alpha value is -1.87. The third kappa shape index (κ3) is 8.48. The van der Waals surface area contributed by atoms with Crippen LogP contribution in [0, 0.1) is 0 Å². The summed E-state index contributed by atoms with van der Waals surface area (Å²) in [5.41, 5.74) is 1.80. The molecular weight excluding hydrogens is 465 g/mol. The largest absolute Gasteiger partial charge is 0.357 e. The van der Waals surface area contributed by atoms with Crippen LogP contribution in [-0.2, 0) is 11.2 Å². The number of aromatic nitrogens is 1. The molecule has 0 aliphatic rings. The van der Waals surface area contributed by atoms with Gasteiger partial charge in [0.25, 0.3) is 0 Å². The van der Waals surface area contributed by atoms with E-state index in [2.05, 4.69) is 25.9 Å². The molecule has 1 aromatic carbocycles. The highest BCUT2D eigenvalue weighted by atomic mass is 127. The third-order valence-electron chi connectivity index (χ3n) is 3.27. The Labute approximate surface area is 175 Å².